The van der Waals surface area contributed by atoms with Crippen molar-refractivity contribution in [1.82, 2.24) is 9.55 Å². The highest BCUT2D eigenvalue weighted by molar-refractivity contribution is 5.76. The number of imidazole rings is 1. The fourth-order valence-electron chi connectivity index (χ4n) is 3.06. The van der Waals surface area contributed by atoms with Crippen LogP contribution in [0.4, 0.5) is 0 Å². The molecule has 0 radical (unpaired) electrons. The maximum Gasteiger partial charge on any atom is 0.113 e. The summed E-state index contributed by atoms with van der Waals surface area (Å²) in [6.07, 6.45) is 6.81. The van der Waals surface area contributed by atoms with Crippen LogP contribution in [0.5, 0.6) is 0 Å². The second-order valence-corrected chi connectivity index (χ2v) is 5.63. The highest BCUT2D eigenvalue weighted by atomic mass is 16.3. The lowest BCUT2D eigenvalue weighted by atomic mass is 9.95. The number of aromatic nitrogens is 2. The van der Waals surface area contributed by atoms with Crippen LogP contribution in [0.25, 0.3) is 11.0 Å². The molecule has 1 heterocycles. The van der Waals surface area contributed by atoms with Crippen LogP contribution in [0.1, 0.15) is 38.4 Å². The van der Waals surface area contributed by atoms with Crippen molar-refractivity contribution in [2.24, 2.45) is 0 Å². The molecule has 0 fully saturated rings. The van der Waals surface area contributed by atoms with Gasteiger partial charge in [-0.2, -0.15) is 0 Å². The van der Waals surface area contributed by atoms with Crippen molar-refractivity contribution >= 4 is 11.0 Å². The van der Waals surface area contributed by atoms with E-state index in [1.807, 2.05) is 12.1 Å². The van der Waals surface area contributed by atoms with Gasteiger partial charge in [-0.25, -0.2) is 4.98 Å². The Morgan fingerprint density at radius 2 is 2.20 bits per heavy atom. The minimum Gasteiger partial charge on any atom is -0.389 e. The van der Waals surface area contributed by atoms with Crippen LogP contribution in [-0.4, -0.2) is 20.8 Å². The number of nitrogens with zero attached hydrogens (tertiary/aromatic N) is 2. The second-order valence-electron chi connectivity index (χ2n) is 5.63. The van der Waals surface area contributed by atoms with Crippen LogP contribution in [-0.2, 0) is 13.0 Å². The van der Waals surface area contributed by atoms with Gasteiger partial charge in [-0.1, -0.05) is 30.7 Å². The van der Waals surface area contributed by atoms with E-state index in [2.05, 4.69) is 29.7 Å². The summed E-state index contributed by atoms with van der Waals surface area (Å²) >= 11 is 0. The standard InChI is InChI=1S/C17H22N2O/c1-2-10-19-16-9-4-3-8-15(16)18-17(19)12-13-6-5-7-14(20)11-13/h3-4,8-9,11,14,20H,2,5-7,10,12H2,1H3. The van der Waals surface area contributed by atoms with Gasteiger partial charge >= 0.3 is 0 Å². The molecule has 1 aromatic carbocycles. The number of fused-ring (bicyclic) bond motifs is 1. The zero-order valence-electron chi connectivity index (χ0n) is 12.0. The van der Waals surface area contributed by atoms with Gasteiger partial charge in [0.25, 0.3) is 0 Å². The van der Waals surface area contributed by atoms with E-state index in [9.17, 15) is 5.11 Å². The molecule has 0 spiro atoms. The summed E-state index contributed by atoms with van der Waals surface area (Å²) in [6.45, 7) is 3.20. The number of allylic oxidation sites excluding steroid dienone is 1. The smallest absolute Gasteiger partial charge is 0.113 e. The lowest BCUT2D eigenvalue weighted by Crippen LogP contribution is -2.12. The van der Waals surface area contributed by atoms with E-state index < -0.39 is 0 Å². The molecule has 0 saturated heterocycles. The van der Waals surface area contributed by atoms with Gasteiger partial charge < -0.3 is 9.67 Å². The molecule has 106 valence electrons. The van der Waals surface area contributed by atoms with E-state index in [0.29, 0.717) is 0 Å². The second kappa shape index (κ2) is 5.80. The van der Waals surface area contributed by atoms with Crippen molar-refractivity contribution in [3.8, 4) is 0 Å². The van der Waals surface area contributed by atoms with Crippen LogP contribution < -0.4 is 0 Å². The first-order valence-corrected chi connectivity index (χ1v) is 7.59. The highest BCUT2D eigenvalue weighted by Crippen LogP contribution is 2.24. The van der Waals surface area contributed by atoms with Crippen LogP contribution in [0.15, 0.2) is 35.9 Å². The predicted molar refractivity (Wildman–Crippen MR) is 81.7 cm³/mol. The van der Waals surface area contributed by atoms with E-state index in [1.165, 1.54) is 11.1 Å². The summed E-state index contributed by atoms with van der Waals surface area (Å²) in [6, 6.07) is 8.34. The lowest BCUT2D eigenvalue weighted by Gasteiger charge is -2.17. The number of rotatable bonds is 4. The average molecular weight is 270 g/mol. The number of hydrogen-bond acceptors (Lipinski definition) is 2. The summed E-state index contributed by atoms with van der Waals surface area (Å²) in [7, 11) is 0. The van der Waals surface area contributed by atoms with Gasteiger partial charge in [0.2, 0.25) is 0 Å². The van der Waals surface area contributed by atoms with Crippen molar-refractivity contribution < 1.29 is 5.11 Å². The molecule has 3 nitrogen and oxygen atoms in total. The van der Waals surface area contributed by atoms with Gasteiger partial charge in [-0.3, -0.25) is 0 Å². The maximum atomic E-state index is 9.77. The summed E-state index contributed by atoms with van der Waals surface area (Å²) in [5.41, 5.74) is 3.63. The van der Waals surface area contributed by atoms with Crippen LogP contribution >= 0.6 is 0 Å². The zero-order chi connectivity index (χ0) is 13.9. The molecule has 20 heavy (non-hydrogen) atoms. The number of aliphatic hydroxyl groups excluding tert-OH is 1. The monoisotopic (exact) mass is 270 g/mol. The summed E-state index contributed by atoms with van der Waals surface area (Å²) in [4.78, 5) is 4.79. The number of aliphatic hydroxyl groups is 1. The van der Waals surface area contributed by atoms with E-state index in [4.69, 9.17) is 4.98 Å². The molecular weight excluding hydrogens is 248 g/mol. The van der Waals surface area contributed by atoms with Crippen LogP contribution in [0.3, 0.4) is 0 Å². The Morgan fingerprint density at radius 1 is 1.35 bits per heavy atom. The van der Waals surface area contributed by atoms with Crippen molar-refractivity contribution in [2.75, 3.05) is 0 Å². The minimum atomic E-state index is -0.261. The number of aryl methyl sites for hydroxylation is 1. The van der Waals surface area contributed by atoms with Gasteiger partial charge in [0.15, 0.2) is 0 Å². The molecule has 0 bridgehead atoms. The fraction of sp³-hybridized carbons (Fsp3) is 0.471. The van der Waals surface area contributed by atoms with E-state index in [1.54, 1.807) is 0 Å². The summed E-state index contributed by atoms with van der Waals surface area (Å²) in [5, 5.41) is 9.77. The zero-order valence-corrected chi connectivity index (χ0v) is 12.0. The lowest BCUT2D eigenvalue weighted by molar-refractivity contribution is 0.201. The van der Waals surface area contributed by atoms with Gasteiger partial charge in [0, 0.05) is 13.0 Å². The number of benzene rings is 1. The quantitative estimate of drug-likeness (QED) is 0.864. The fourth-order valence-corrected chi connectivity index (χ4v) is 3.06. The van der Waals surface area contributed by atoms with Crippen LogP contribution in [0.2, 0.25) is 0 Å². The Hall–Kier alpha value is -1.61. The van der Waals surface area contributed by atoms with E-state index >= 15 is 0 Å². The summed E-state index contributed by atoms with van der Waals surface area (Å²) in [5.74, 6) is 1.13. The van der Waals surface area contributed by atoms with Crippen molar-refractivity contribution in [2.45, 2.75) is 51.7 Å². The normalized spacial score (nSPS) is 19.3. The van der Waals surface area contributed by atoms with Crippen LogP contribution in [0, 0.1) is 0 Å². The number of hydrogen-bond donors (Lipinski definition) is 1. The molecule has 2 aromatic rings. The van der Waals surface area contributed by atoms with E-state index in [-0.39, 0.29) is 6.10 Å². The Kier molecular flexibility index (Phi) is 3.88. The Balaban J connectivity index is 1.96. The molecule has 1 aromatic heterocycles. The molecule has 0 aliphatic heterocycles. The third-order valence-corrected chi connectivity index (χ3v) is 3.99. The summed E-state index contributed by atoms with van der Waals surface area (Å²) < 4.78 is 2.33. The topological polar surface area (TPSA) is 38.0 Å². The van der Waals surface area contributed by atoms with E-state index in [0.717, 1.165) is 50.0 Å². The van der Waals surface area contributed by atoms with Crippen molar-refractivity contribution in [3.63, 3.8) is 0 Å². The molecule has 1 unspecified atom stereocenters. The molecule has 1 atom stereocenters. The third-order valence-electron chi connectivity index (χ3n) is 3.99. The average Bonchev–Trinajstić information content (AvgIpc) is 2.77. The molecular formula is C17H22N2O. The Morgan fingerprint density at radius 3 is 3.00 bits per heavy atom. The largest absolute Gasteiger partial charge is 0.389 e. The maximum absolute atomic E-state index is 9.77. The number of para-hydroxylation sites is 2. The molecule has 1 N–H and O–H groups in total. The molecule has 0 saturated carbocycles. The molecule has 3 heteroatoms. The highest BCUT2D eigenvalue weighted by Gasteiger charge is 2.15. The van der Waals surface area contributed by atoms with Gasteiger partial charge in [0.1, 0.15) is 5.82 Å². The molecule has 1 aliphatic carbocycles. The Bertz CT molecular complexity index is 627. The van der Waals surface area contributed by atoms with Gasteiger partial charge in [-0.05, 0) is 37.8 Å². The minimum absolute atomic E-state index is 0.261. The van der Waals surface area contributed by atoms with Gasteiger partial charge in [-0.15, -0.1) is 0 Å². The first-order chi connectivity index (χ1) is 9.78. The SMILES string of the molecule is CCCn1c(CC2=CC(O)CCC2)nc2ccccc21. The van der Waals surface area contributed by atoms with Crippen molar-refractivity contribution in [3.05, 3.63) is 41.7 Å². The molecule has 0 amide bonds. The first kappa shape index (κ1) is 13.4. The predicted octanol–water partition coefficient (Wildman–Crippen LogP) is 3.46. The molecule has 1 aliphatic rings. The van der Waals surface area contributed by atoms with Gasteiger partial charge in [0.05, 0.1) is 17.1 Å². The Labute approximate surface area is 120 Å². The third kappa shape index (κ3) is 2.63. The van der Waals surface area contributed by atoms with Crippen molar-refractivity contribution in [1.29, 1.82) is 0 Å². The first-order valence-electron chi connectivity index (χ1n) is 7.59. The molecule has 3 rings (SSSR count).